The van der Waals surface area contributed by atoms with E-state index in [1.54, 1.807) is 18.2 Å². The van der Waals surface area contributed by atoms with Gasteiger partial charge in [0.1, 0.15) is 5.02 Å². The van der Waals surface area contributed by atoms with Crippen molar-refractivity contribution in [3.8, 4) is 5.75 Å². The summed E-state index contributed by atoms with van der Waals surface area (Å²) in [6.07, 6.45) is 0. The molecule has 2 nitrogen and oxygen atoms in total. The number of halogens is 4. The quantitative estimate of drug-likeness (QED) is 0.527. The van der Waals surface area contributed by atoms with Gasteiger partial charge in [-0.3, -0.25) is 0 Å². The summed E-state index contributed by atoms with van der Waals surface area (Å²) < 4.78 is 11.0. The van der Waals surface area contributed by atoms with Gasteiger partial charge in [0.25, 0.3) is 0 Å². The van der Waals surface area contributed by atoms with Gasteiger partial charge in [0, 0.05) is 5.39 Å². The maximum absolute atomic E-state index is 6.23. The highest BCUT2D eigenvalue weighted by Gasteiger charge is 2.20. The number of hydrogen-bond acceptors (Lipinski definition) is 2. The third kappa shape index (κ3) is 1.86. The van der Waals surface area contributed by atoms with Crippen molar-refractivity contribution in [2.45, 2.75) is 0 Å². The van der Waals surface area contributed by atoms with Crippen LogP contribution in [0.3, 0.4) is 0 Å². The first kappa shape index (κ1) is 13.2. The van der Waals surface area contributed by atoms with E-state index in [1.807, 2.05) is 0 Å². The molecule has 0 saturated heterocycles. The summed E-state index contributed by atoms with van der Waals surface area (Å²) >= 11 is 24.4. The molecule has 0 fully saturated rings. The van der Waals surface area contributed by atoms with E-state index in [0.717, 1.165) is 5.39 Å². The van der Waals surface area contributed by atoms with Crippen molar-refractivity contribution >= 4 is 68.3 Å². The Balaban J connectivity index is 2.60. The Bertz CT molecular complexity index is 808. The standard InChI is InChI=1S/C13H6Cl4O2/c1-18-12-8(16)4-7(15)9-5-2-3-6(14)10(17)11(5)19-13(9)12/h2-4H,1H3. The molecule has 6 heteroatoms. The van der Waals surface area contributed by atoms with E-state index in [4.69, 9.17) is 55.6 Å². The summed E-state index contributed by atoms with van der Waals surface area (Å²) in [6.45, 7) is 0. The van der Waals surface area contributed by atoms with Crippen LogP contribution < -0.4 is 4.74 Å². The van der Waals surface area contributed by atoms with E-state index < -0.39 is 0 Å². The van der Waals surface area contributed by atoms with Crippen molar-refractivity contribution in [3.63, 3.8) is 0 Å². The lowest BCUT2D eigenvalue weighted by atomic mass is 10.1. The molecule has 98 valence electrons. The van der Waals surface area contributed by atoms with E-state index >= 15 is 0 Å². The molecule has 1 heterocycles. The van der Waals surface area contributed by atoms with Gasteiger partial charge in [-0.25, -0.2) is 0 Å². The molecule has 0 aliphatic carbocycles. The fourth-order valence-corrected chi connectivity index (χ4v) is 3.03. The molecule has 0 saturated carbocycles. The van der Waals surface area contributed by atoms with Crippen LogP contribution in [0.2, 0.25) is 20.1 Å². The minimum atomic E-state index is 0.338. The zero-order chi connectivity index (χ0) is 13.7. The van der Waals surface area contributed by atoms with Crippen molar-refractivity contribution in [1.82, 2.24) is 0 Å². The number of furan rings is 1. The number of benzene rings is 2. The maximum Gasteiger partial charge on any atom is 0.180 e. The molecule has 0 bridgehead atoms. The number of hydrogen-bond donors (Lipinski definition) is 0. The molecule has 0 N–H and O–H groups in total. The molecule has 1 aromatic heterocycles. The second kappa shape index (κ2) is 4.64. The predicted octanol–water partition coefficient (Wildman–Crippen LogP) is 6.21. The summed E-state index contributed by atoms with van der Waals surface area (Å²) in [5, 5.41) is 3.07. The fraction of sp³-hybridized carbons (Fsp3) is 0.0769. The van der Waals surface area contributed by atoms with Crippen molar-refractivity contribution in [2.24, 2.45) is 0 Å². The van der Waals surface area contributed by atoms with Crippen molar-refractivity contribution in [3.05, 3.63) is 38.3 Å². The SMILES string of the molecule is COc1c(Cl)cc(Cl)c2c1oc1c(Cl)c(Cl)ccc12. The van der Waals surface area contributed by atoms with Gasteiger partial charge in [0.05, 0.1) is 27.6 Å². The molecule has 0 radical (unpaired) electrons. The van der Waals surface area contributed by atoms with Crippen molar-refractivity contribution in [1.29, 1.82) is 0 Å². The van der Waals surface area contributed by atoms with Gasteiger partial charge in [0.2, 0.25) is 0 Å². The van der Waals surface area contributed by atoms with E-state index in [1.165, 1.54) is 7.11 Å². The molecule has 0 aliphatic rings. The normalized spacial score (nSPS) is 11.4. The Kier molecular flexibility index (Phi) is 3.22. The fourth-order valence-electron chi connectivity index (χ4n) is 2.05. The van der Waals surface area contributed by atoms with Crippen LogP contribution in [-0.2, 0) is 0 Å². The molecule has 3 aromatic rings. The Morgan fingerprint density at radius 2 is 1.68 bits per heavy atom. The third-order valence-electron chi connectivity index (χ3n) is 2.87. The first-order chi connectivity index (χ1) is 9.04. The number of rotatable bonds is 1. The summed E-state index contributed by atoms with van der Waals surface area (Å²) in [7, 11) is 1.51. The van der Waals surface area contributed by atoms with Crippen LogP contribution in [0.4, 0.5) is 0 Å². The molecule has 0 atom stereocenters. The Morgan fingerprint density at radius 1 is 0.947 bits per heavy atom. The van der Waals surface area contributed by atoms with Crippen LogP contribution in [-0.4, -0.2) is 7.11 Å². The van der Waals surface area contributed by atoms with E-state index in [-0.39, 0.29) is 0 Å². The van der Waals surface area contributed by atoms with Gasteiger partial charge >= 0.3 is 0 Å². The Hall–Kier alpha value is -0.800. The maximum atomic E-state index is 6.23. The lowest BCUT2D eigenvalue weighted by Gasteiger charge is -2.04. The van der Waals surface area contributed by atoms with Crippen LogP contribution in [0.1, 0.15) is 0 Å². The predicted molar refractivity (Wildman–Crippen MR) is 80.3 cm³/mol. The molecule has 0 amide bonds. The first-order valence-corrected chi connectivity index (χ1v) is 6.78. The van der Waals surface area contributed by atoms with E-state index in [9.17, 15) is 0 Å². The highest BCUT2D eigenvalue weighted by atomic mass is 35.5. The van der Waals surface area contributed by atoms with Crippen LogP contribution in [0.5, 0.6) is 5.75 Å². The second-order valence-electron chi connectivity index (χ2n) is 3.92. The van der Waals surface area contributed by atoms with Gasteiger partial charge in [-0.15, -0.1) is 0 Å². The minimum Gasteiger partial charge on any atom is -0.491 e. The third-order valence-corrected chi connectivity index (χ3v) is 4.24. The number of ether oxygens (including phenoxy) is 1. The van der Waals surface area contributed by atoms with Gasteiger partial charge in [0.15, 0.2) is 16.9 Å². The largest absolute Gasteiger partial charge is 0.491 e. The summed E-state index contributed by atoms with van der Waals surface area (Å²) in [4.78, 5) is 0. The van der Waals surface area contributed by atoms with Crippen LogP contribution in [0.25, 0.3) is 21.9 Å². The zero-order valence-corrected chi connectivity index (χ0v) is 12.6. The van der Waals surface area contributed by atoms with Gasteiger partial charge < -0.3 is 9.15 Å². The highest BCUT2D eigenvalue weighted by molar-refractivity contribution is 6.46. The summed E-state index contributed by atoms with van der Waals surface area (Å²) in [5.74, 6) is 0.421. The number of methoxy groups -OCH3 is 1. The highest BCUT2D eigenvalue weighted by Crippen LogP contribution is 2.45. The minimum absolute atomic E-state index is 0.338. The van der Waals surface area contributed by atoms with Crippen LogP contribution >= 0.6 is 46.4 Å². The second-order valence-corrected chi connectivity index (χ2v) is 5.52. The summed E-state index contributed by atoms with van der Waals surface area (Å²) in [6, 6.07) is 5.11. The average molecular weight is 336 g/mol. The summed E-state index contributed by atoms with van der Waals surface area (Å²) in [5.41, 5.74) is 0.922. The Morgan fingerprint density at radius 3 is 2.37 bits per heavy atom. The van der Waals surface area contributed by atoms with E-state index in [2.05, 4.69) is 0 Å². The van der Waals surface area contributed by atoms with Crippen molar-refractivity contribution < 1.29 is 9.15 Å². The lowest BCUT2D eigenvalue weighted by molar-refractivity contribution is 0.412. The Labute approximate surface area is 128 Å². The molecule has 0 spiro atoms. The molecule has 0 aliphatic heterocycles. The molecule has 0 unspecified atom stereocenters. The molecule has 2 aromatic carbocycles. The molecular formula is C13H6Cl4O2. The van der Waals surface area contributed by atoms with Gasteiger partial charge in [-0.2, -0.15) is 0 Å². The topological polar surface area (TPSA) is 22.4 Å². The zero-order valence-electron chi connectivity index (χ0n) is 9.56. The smallest absolute Gasteiger partial charge is 0.180 e. The van der Waals surface area contributed by atoms with Crippen LogP contribution in [0, 0.1) is 0 Å². The first-order valence-electron chi connectivity index (χ1n) is 5.26. The van der Waals surface area contributed by atoms with Crippen LogP contribution in [0.15, 0.2) is 22.6 Å². The van der Waals surface area contributed by atoms with Crippen molar-refractivity contribution in [2.75, 3.05) is 7.11 Å². The molecular weight excluding hydrogens is 330 g/mol. The number of fused-ring (bicyclic) bond motifs is 3. The monoisotopic (exact) mass is 334 g/mol. The van der Waals surface area contributed by atoms with Gasteiger partial charge in [-0.05, 0) is 18.2 Å². The van der Waals surface area contributed by atoms with E-state index in [0.29, 0.717) is 42.4 Å². The van der Waals surface area contributed by atoms with Gasteiger partial charge in [-0.1, -0.05) is 46.4 Å². The lowest BCUT2D eigenvalue weighted by Crippen LogP contribution is -1.85. The molecule has 19 heavy (non-hydrogen) atoms. The molecule has 3 rings (SSSR count). The average Bonchev–Trinajstić information content (AvgIpc) is 2.74.